The Hall–Kier alpha value is -2.32. The highest BCUT2D eigenvalue weighted by Crippen LogP contribution is 2.41. The van der Waals surface area contributed by atoms with E-state index in [4.69, 9.17) is 4.74 Å². The predicted molar refractivity (Wildman–Crippen MR) is 97.3 cm³/mol. The number of aromatic hydroxyl groups is 1. The molecule has 2 aromatic heterocycles. The van der Waals surface area contributed by atoms with Crippen molar-refractivity contribution in [3.05, 3.63) is 33.0 Å². The fourth-order valence-corrected chi connectivity index (χ4v) is 3.57. The van der Waals surface area contributed by atoms with Crippen LogP contribution >= 0.6 is 12.4 Å². The fourth-order valence-electron chi connectivity index (χ4n) is 3.57. The number of carboxylic acids is 1. The minimum Gasteiger partial charge on any atom is -0.506 e. The minimum atomic E-state index is -1.45. The minimum absolute atomic E-state index is 0. The summed E-state index contributed by atoms with van der Waals surface area (Å²) in [5.41, 5.74) is 0.914. The molecular formula is C17H22ClN3O5. The van der Waals surface area contributed by atoms with Crippen molar-refractivity contribution in [1.29, 1.82) is 0 Å². The van der Waals surface area contributed by atoms with Crippen LogP contribution in [0.1, 0.15) is 53.6 Å². The smallest absolute Gasteiger partial charge is 0.345 e. The lowest BCUT2D eigenvalue weighted by atomic mass is 9.94. The second-order valence-corrected chi connectivity index (χ2v) is 6.21. The lowest BCUT2D eigenvalue weighted by Gasteiger charge is -2.15. The van der Waals surface area contributed by atoms with E-state index in [1.54, 1.807) is 7.11 Å². The van der Waals surface area contributed by atoms with E-state index in [9.17, 15) is 19.8 Å². The number of pyridine rings is 1. The summed E-state index contributed by atoms with van der Waals surface area (Å²) in [6, 6.07) is 0. The SMILES string of the molecule is CCn1c(COC)nc2c1CC[C@H](C)c1c-2[nH]c(=O)c(C(=O)O)c1O.Cl. The van der Waals surface area contributed by atoms with Crippen molar-refractivity contribution < 1.29 is 19.7 Å². The van der Waals surface area contributed by atoms with E-state index in [-0.39, 0.29) is 18.3 Å². The van der Waals surface area contributed by atoms with Crippen LogP contribution in [0.25, 0.3) is 11.4 Å². The maximum Gasteiger partial charge on any atom is 0.345 e. The quantitative estimate of drug-likeness (QED) is 0.745. The topological polar surface area (TPSA) is 117 Å². The second kappa shape index (κ2) is 7.51. The van der Waals surface area contributed by atoms with Crippen LogP contribution in [0.3, 0.4) is 0 Å². The van der Waals surface area contributed by atoms with E-state index in [1.807, 2.05) is 18.4 Å². The molecule has 8 nitrogen and oxygen atoms in total. The molecule has 0 aliphatic heterocycles. The van der Waals surface area contributed by atoms with Crippen molar-refractivity contribution in [2.24, 2.45) is 0 Å². The van der Waals surface area contributed by atoms with Crippen molar-refractivity contribution in [2.45, 2.75) is 45.8 Å². The molecule has 142 valence electrons. The maximum absolute atomic E-state index is 12.2. The van der Waals surface area contributed by atoms with E-state index >= 15 is 0 Å². The van der Waals surface area contributed by atoms with Crippen LogP contribution in [0.15, 0.2) is 4.79 Å². The third-order valence-corrected chi connectivity index (χ3v) is 4.73. The summed E-state index contributed by atoms with van der Waals surface area (Å²) in [6.07, 6.45) is 1.41. The highest BCUT2D eigenvalue weighted by atomic mass is 35.5. The zero-order valence-corrected chi connectivity index (χ0v) is 15.6. The number of nitrogens with zero attached hydrogens (tertiary/aromatic N) is 2. The van der Waals surface area contributed by atoms with E-state index in [0.29, 0.717) is 42.9 Å². The molecule has 0 radical (unpaired) electrons. The number of imidazole rings is 1. The number of hydrogen-bond donors (Lipinski definition) is 3. The number of aromatic nitrogens is 3. The molecule has 0 saturated heterocycles. The Labute approximate surface area is 156 Å². The number of fused-ring (bicyclic) bond motifs is 3. The lowest BCUT2D eigenvalue weighted by Crippen LogP contribution is -2.20. The van der Waals surface area contributed by atoms with Crippen molar-refractivity contribution in [2.75, 3.05) is 7.11 Å². The van der Waals surface area contributed by atoms with Crippen molar-refractivity contribution in [3.8, 4) is 17.1 Å². The number of aromatic carboxylic acids is 1. The monoisotopic (exact) mass is 383 g/mol. The van der Waals surface area contributed by atoms with Gasteiger partial charge in [-0.15, -0.1) is 12.4 Å². The standard InChI is InChI=1S/C17H21N3O5.ClH/c1-4-20-9-6-5-8(2)11-14(13(9)18-10(20)7-25-3)19-16(22)12(15(11)21)17(23)24;/h8H,4-7H2,1-3H3,(H,23,24)(H2,19,21,22);1H/t8-;/m0./s1. The average molecular weight is 384 g/mol. The van der Waals surface area contributed by atoms with Gasteiger partial charge in [-0.3, -0.25) is 4.79 Å². The van der Waals surface area contributed by atoms with Crippen molar-refractivity contribution in [3.63, 3.8) is 0 Å². The van der Waals surface area contributed by atoms with Crippen LogP contribution in [-0.2, 0) is 24.3 Å². The van der Waals surface area contributed by atoms with Crippen LogP contribution in [-0.4, -0.2) is 37.8 Å². The van der Waals surface area contributed by atoms with Gasteiger partial charge in [-0.1, -0.05) is 6.92 Å². The summed E-state index contributed by atoms with van der Waals surface area (Å²) in [4.78, 5) is 30.8. The number of hydrogen-bond acceptors (Lipinski definition) is 5. The second-order valence-electron chi connectivity index (χ2n) is 6.21. The van der Waals surface area contributed by atoms with Gasteiger partial charge in [0.05, 0.1) is 5.69 Å². The number of carbonyl (C=O) groups is 1. The first kappa shape index (κ1) is 20.0. The number of halogens is 1. The molecule has 0 saturated carbocycles. The highest BCUT2D eigenvalue weighted by Gasteiger charge is 2.31. The largest absolute Gasteiger partial charge is 0.506 e. The Kier molecular flexibility index (Phi) is 5.77. The molecule has 26 heavy (non-hydrogen) atoms. The third-order valence-electron chi connectivity index (χ3n) is 4.73. The van der Waals surface area contributed by atoms with Gasteiger partial charge >= 0.3 is 5.97 Å². The molecule has 0 spiro atoms. The molecule has 1 atom stereocenters. The molecule has 2 aromatic rings. The summed E-state index contributed by atoms with van der Waals surface area (Å²) in [5.74, 6) is -1.29. The van der Waals surface area contributed by atoms with Gasteiger partial charge in [0.1, 0.15) is 23.9 Å². The number of methoxy groups -OCH3 is 1. The van der Waals surface area contributed by atoms with Crippen LogP contribution < -0.4 is 5.56 Å². The number of rotatable bonds is 4. The first-order valence-electron chi connectivity index (χ1n) is 8.20. The molecule has 3 rings (SSSR count). The zero-order chi connectivity index (χ0) is 18.3. The number of ether oxygens (including phenoxy) is 1. The molecule has 9 heteroatoms. The molecule has 1 aliphatic rings. The molecule has 0 unspecified atom stereocenters. The Morgan fingerprint density at radius 3 is 2.73 bits per heavy atom. The van der Waals surface area contributed by atoms with E-state index < -0.39 is 22.8 Å². The van der Waals surface area contributed by atoms with E-state index in [1.165, 1.54) is 0 Å². The zero-order valence-electron chi connectivity index (χ0n) is 14.8. The van der Waals surface area contributed by atoms with Gasteiger partial charge in [-0.25, -0.2) is 9.78 Å². The first-order valence-corrected chi connectivity index (χ1v) is 8.20. The van der Waals surface area contributed by atoms with Crippen LogP contribution in [0.5, 0.6) is 5.75 Å². The molecule has 0 bridgehead atoms. The van der Waals surface area contributed by atoms with Gasteiger partial charge in [0.25, 0.3) is 5.56 Å². The van der Waals surface area contributed by atoms with Gasteiger partial charge in [0, 0.05) is 24.9 Å². The summed E-state index contributed by atoms with van der Waals surface area (Å²) >= 11 is 0. The van der Waals surface area contributed by atoms with Gasteiger partial charge < -0.3 is 24.5 Å². The fraction of sp³-hybridized carbons (Fsp3) is 0.471. The van der Waals surface area contributed by atoms with Gasteiger partial charge in [-0.05, 0) is 25.7 Å². The summed E-state index contributed by atoms with van der Waals surface area (Å²) in [6.45, 7) is 4.94. The van der Waals surface area contributed by atoms with E-state index in [2.05, 4.69) is 9.97 Å². The van der Waals surface area contributed by atoms with Crippen LogP contribution in [0.4, 0.5) is 0 Å². The summed E-state index contributed by atoms with van der Waals surface area (Å²) in [7, 11) is 1.59. The Balaban J connectivity index is 0.00000243. The highest BCUT2D eigenvalue weighted by molar-refractivity contribution is 5.92. The van der Waals surface area contributed by atoms with E-state index in [0.717, 1.165) is 11.5 Å². The predicted octanol–water partition coefficient (Wildman–Crippen LogP) is 2.28. The van der Waals surface area contributed by atoms with Crippen LogP contribution in [0.2, 0.25) is 0 Å². The number of H-pyrrole nitrogens is 1. The Bertz CT molecular complexity index is 903. The first-order chi connectivity index (χ1) is 11.9. The molecule has 0 aromatic carbocycles. The van der Waals surface area contributed by atoms with Crippen LogP contribution in [0, 0.1) is 0 Å². The average Bonchev–Trinajstić information content (AvgIpc) is 2.82. The van der Waals surface area contributed by atoms with Gasteiger partial charge in [0.15, 0.2) is 5.56 Å². The number of carboxylic acid groups (broad SMARTS) is 1. The van der Waals surface area contributed by atoms with Gasteiger partial charge in [-0.2, -0.15) is 0 Å². The Morgan fingerprint density at radius 1 is 1.46 bits per heavy atom. The van der Waals surface area contributed by atoms with Crippen molar-refractivity contribution in [1.82, 2.24) is 14.5 Å². The Morgan fingerprint density at radius 2 is 2.15 bits per heavy atom. The molecule has 3 N–H and O–H groups in total. The third kappa shape index (κ3) is 2.99. The summed E-state index contributed by atoms with van der Waals surface area (Å²) in [5, 5.41) is 19.7. The number of nitrogens with one attached hydrogen (secondary N) is 1. The molecular weight excluding hydrogens is 362 g/mol. The molecule has 0 fully saturated rings. The van der Waals surface area contributed by atoms with Gasteiger partial charge in [0.2, 0.25) is 0 Å². The van der Waals surface area contributed by atoms with Crippen molar-refractivity contribution >= 4 is 18.4 Å². The number of aromatic amines is 1. The summed E-state index contributed by atoms with van der Waals surface area (Å²) < 4.78 is 7.25. The molecule has 2 heterocycles. The maximum atomic E-state index is 12.2. The lowest BCUT2D eigenvalue weighted by molar-refractivity contribution is 0.0691. The molecule has 1 aliphatic carbocycles. The molecule has 0 amide bonds. The normalized spacial score (nSPS) is 15.6.